The van der Waals surface area contributed by atoms with Crippen molar-refractivity contribution in [2.45, 2.75) is 71.2 Å². The molecule has 1 aliphatic rings. The molecular formula is C29H35F2N5O3. The summed E-state index contributed by atoms with van der Waals surface area (Å²) < 4.78 is 29.3. The molecule has 2 N–H and O–H groups in total. The zero-order valence-corrected chi connectivity index (χ0v) is 22.9. The van der Waals surface area contributed by atoms with Gasteiger partial charge in [0.1, 0.15) is 12.1 Å². The third-order valence-electron chi connectivity index (χ3n) is 7.00. The van der Waals surface area contributed by atoms with E-state index in [2.05, 4.69) is 15.6 Å². The number of nitrogens with zero attached hydrogens (tertiary/aromatic N) is 4. The number of nitrogens with one attached hydrogen (secondary N) is 1. The van der Waals surface area contributed by atoms with Gasteiger partial charge in [0.25, 0.3) is 0 Å². The van der Waals surface area contributed by atoms with E-state index >= 15 is 0 Å². The molecule has 8 nitrogen and oxygen atoms in total. The van der Waals surface area contributed by atoms with Crippen molar-refractivity contribution in [2.24, 2.45) is 5.92 Å². The molecule has 1 saturated heterocycles. The van der Waals surface area contributed by atoms with Gasteiger partial charge in [0.05, 0.1) is 11.8 Å². The van der Waals surface area contributed by atoms with Gasteiger partial charge in [0.15, 0.2) is 11.6 Å². The van der Waals surface area contributed by atoms with Crippen molar-refractivity contribution < 1.29 is 23.5 Å². The molecule has 4 rings (SSSR count). The molecule has 0 bridgehead atoms. The molecule has 208 valence electrons. The lowest BCUT2D eigenvalue weighted by Gasteiger charge is -2.29. The van der Waals surface area contributed by atoms with Gasteiger partial charge < -0.3 is 15.3 Å². The first-order valence-corrected chi connectivity index (χ1v) is 13.1. The van der Waals surface area contributed by atoms with Crippen molar-refractivity contribution in [1.82, 2.24) is 25.2 Å². The van der Waals surface area contributed by atoms with Crippen LogP contribution in [0.3, 0.4) is 0 Å². The summed E-state index contributed by atoms with van der Waals surface area (Å²) in [6, 6.07) is 9.26. The van der Waals surface area contributed by atoms with Gasteiger partial charge in [0, 0.05) is 36.7 Å². The van der Waals surface area contributed by atoms with Crippen LogP contribution in [0.15, 0.2) is 48.7 Å². The monoisotopic (exact) mass is 539 g/mol. The largest absolute Gasteiger partial charge is 0.391 e. The third-order valence-corrected chi connectivity index (χ3v) is 7.00. The summed E-state index contributed by atoms with van der Waals surface area (Å²) in [5, 5.41) is 21.7. The maximum atomic E-state index is 14.1. The molecule has 2 aromatic carbocycles. The zero-order chi connectivity index (χ0) is 28.5. The minimum Gasteiger partial charge on any atom is -0.391 e. The first-order valence-electron chi connectivity index (χ1n) is 13.1. The Labute approximate surface area is 227 Å². The highest BCUT2D eigenvalue weighted by Gasteiger charge is 2.42. The van der Waals surface area contributed by atoms with Gasteiger partial charge >= 0.3 is 0 Å². The highest BCUT2D eigenvalue weighted by Crippen LogP contribution is 2.29. The van der Waals surface area contributed by atoms with Gasteiger partial charge in [-0.3, -0.25) is 9.59 Å². The van der Waals surface area contributed by atoms with E-state index in [1.807, 2.05) is 34.6 Å². The SMILES string of the molecule is CC(C)[C@@H](C(=O)N1C[C@H](O)C[C@H]1C(=O)NCc1ccc(-c2cccc(F)c2F)cc1)n1cc(C(C)(C)C)nn1. The van der Waals surface area contributed by atoms with Crippen molar-refractivity contribution >= 4 is 11.8 Å². The maximum Gasteiger partial charge on any atom is 0.248 e. The first-order chi connectivity index (χ1) is 18.4. The van der Waals surface area contributed by atoms with Crippen molar-refractivity contribution in [2.75, 3.05) is 6.54 Å². The van der Waals surface area contributed by atoms with Crippen molar-refractivity contribution in [1.29, 1.82) is 0 Å². The zero-order valence-electron chi connectivity index (χ0n) is 22.9. The molecule has 2 amide bonds. The fourth-order valence-corrected chi connectivity index (χ4v) is 4.77. The summed E-state index contributed by atoms with van der Waals surface area (Å²) in [5.41, 5.74) is 1.93. The molecule has 39 heavy (non-hydrogen) atoms. The van der Waals surface area contributed by atoms with Gasteiger partial charge in [-0.1, -0.05) is 76.2 Å². The number of halogens is 2. The minimum absolute atomic E-state index is 0.0505. The Kier molecular flexibility index (Phi) is 8.15. The van der Waals surface area contributed by atoms with Gasteiger partial charge in [-0.2, -0.15) is 0 Å². The van der Waals surface area contributed by atoms with Crippen LogP contribution in [0.5, 0.6) is 0 Å². The second-order valence-electron chi connectivity index (χ2n) is 11.4. The number of benzene rings is 2. The molecule has 0 saturated carbocycles. The number of hydrogen-bond donors (Lipinski definition) is 2. The highest BCUT2D eigenvalue weighted by atomic mass is 19.2. The topological polar surface area (TPSA) is 100 Å². The Morgan fingerprint density at radius 2 is 1.82 bits per heavy atom. The second-order valence-corrected chi connectivity index (χ2v) is 11.4. The van der Waals surface area contributed by atoms with E-state index < -0.39 is 29.8 Å². The van der Waals surface area contributed by atoms with E-state index in [1.54, 1.807) is 35.1 Å². The van der Waals surface area contributed by atoms with Gasteiger partial charge in [-0.05, 0) is 23.1 Å². The predicted molar refractivity (Wildman–Crippen MR) is 142 cm³/mol. The van der Waals surface area contributed by atoms with Crippen molar-refractivity contribution in [3.8, 4) is 11.1 Å². The van der Waals surface area contributed by atoms with Crippen molar-refractivity contribution in [3.63, 3.8) is 0 Å². The summed E-state index contributed by atoms with van der Waals surface area (Å²) in [6.45, 7) is 10.1. The number of carbonyl (C=O) groups excluding carboxylic acids is 2. The molecule has 0 spiro atoms. The van der Waals surface area contributed by atoms with Crippen LogP contribution < -0.4 is 5.32 Å². The van der Waals surface area contributed by atoms with Gasteiger partial charge in [0.2, 0.25) is 11.8 Å². The standard InChI is InChI=1S/C29H35F2N5O3/c1-17(2)26(36-16-24(33-34-36)29(3,4)5)28(39)35-15-20(37)13-23(35)27(38)32-14-18-9-11-19(12-10-18)21-7-6-8-22(30)25(21)31/h6-12,16-17,20,23,26,37H,13-15H2,1-5H3,(H,32,38)/t20-,23+,26+/m1/s1. The second kappa shape index (κ2) is 11.2. The van der Waals surface area contributed by atoms with E-state index in [1.165, 1.54) is 17.0 Å². The van der Waals surface area contributed by atoms with E-state index in [0.29, 0.717) is 5.56 Å². The Morgan fingerprint density at radius 3 is 2.44 bits per heavy atom. The molecule has 3 atom stereocenters. The Morgan fingerprint density at radius 1 is 1.13 bits per heavy atom. The normalized spacial score (nSPS) is 18.4. The number of carbonyl (C=O) groups is 2. The Bertz CT molecular complexity index is 1330. The minimum atomic E-state index is -0.917. The average Bonchev–Trinajstić information content (AvgIpc) is 3.52. The summed E-state index contributed by atoms with van der Waals surface area (Å²) in [7, 11) is 0. The number of aromatic nitrogens is 3. The number of rotatable bonds is 7. The van der Waals surface area contributed by atoms with Crippen LogP contribution >= 0.6 is 0 Å². The van der Waals surface area contributed by atoms with Crippen LogP contribution in [0.1, 0.15) is 58.3 Å². The molecule has 10 heteroatoms. The summed E-state index contributed by atoms with van der Waals surface area (Å²) in [6.07, 6.45) is 1.08. The van der Waals surface area contributed by atoms with E-state index in [4.69, 9.17) is 0 Å². The maximum absolute atomic E-state index is 14.1. The Balaban J connectivity index is 1.45. The fourth-order valence-electron chi connectivity index (χ4n) is 4.77. The average molecular weight is 540 g/mol. The first kappa shape index (κ1) is 28.4. The van der Waals surface area contributed by atoms with E-state index in [-0.39, 0.29) is 48.2 Å². The number of aliphatic hydroxyl groups excluding tert-OH is 1. The number of hydrogen-bond acceptors (Lipinski definition) is 5. The lowest BCUT2D eigenvalue weighted by molar-refractivity contribution is -0.142. The molecule has 0 unspecified atom stereocenters. The molecule has 2 heterocycles. The molecule has 0 radical (unpaired) electrons. The van der Waals surface area contributed by atoms with Crippen LogP contribution in [0.25, 0.3) is 11.1 Å². The molecule has 1 aliphatic heterocycles. The number of aliphatic hydroxyl groups is 1. The smallest absolute Gasteiger partial charge is 0.248 e. The lowest BCUT2D eigenvalue weighted by Crippen LogP contribution is -2.49. The lowest BCUT2D eigenvalue weighted by atomic mass is 9.93. The number of amides is 2. The van der Waals surface area contributed by atoms with Crippen molar-refractivity contribution in [3.05, 3.63) is 71.6 Å². The van der Waals surface area contributed by atoms with Gasteiger partial charge in [-0.25, -0.2) is 13.5 Å². The van der Waals surface area contributed by atoms with Crippen LogP contribution in [0.2, 0.25) is 0 Å². The molecule has 1 fully saturated rings. The molecule has 3 aromatic rings. The van der Waals surface area contributed by atoms with Crippen LogP contribution in [0, 0.1) is 17.6 Å². The van der Waals surface area contributed by atoms with Crippen LogP contribution in [0.4, 0.5) is 8.78 Å². The summed E-state index contributed by atoms with van der Waals surface area (Å²) >= 11 is 0. The number of likely N-dealkylation sites (tertiary alicyclic amines) is 1. The van der Waals surface area contributed by atoms with Gasteiger partial charge in [-0.15, -0.1) is 5.10 Å². The molecule has 0 aliphatic carbocycles. The highest BCUT2D eigenvalue weighted by molar-refractivity contribution is 5.90. The predicted octanol–water partition coefficient (Wildman–Crippen LogP) is 4.00. The molecule has 1 aromatic heterocycles. The fraction of sp³-hybridized carbons (Fsp3) is 0.448. The number of β-amino-alcohol motifs (C(OH)–C–C–N with tert-alkyl or cyclic N) is 1. The quantitative estimate of drug-likeness (QED) is 0.473. The van der Waals surface area contributed by atoms with E-state index in [9.17, 15) is 23.5 Å². The van der Waals surface area contributed by atoms with Crippen LogP contribution in [-0.4, -0.2) is 55.5 Å². The molecular weight excluding hydrogens is 504 g/mol. The summed E-state index contributed by atoms with van der Waals surface area (Å²) in [4.78, 5) is 28.3. The van der Waals surface area contributed by atoms with E-state index in [0.717, 1.165) is 17.3 Å². The Hall–Kier alpha value is -3.66. The third kappa shape index (κ3) is 6.16. The summed E-state index contributed by atoms with van der Waals surface area (Å²) in [5.74, 6) is -2.64. The van der Waals surface area contributed by atoms with Crippen LogP contribution in [-0.2, 0) is 21.5 Å².